The molecule has 2 rings (SSSR count). The fraction of sp³-hybridized carbons (Fsp3) is 0.647. The maximum Gasteiger partial charge on any atom is 0.165 e. The van der Waals surface area contributed by atoms with Crippen molar-refractivity contribution in [1.29, 1.82) is 0 Å². The largest absolute Gasteiger partial charge is 0.494 e. The minimum atomic E-state index is -0.506. The van der Waals surface area contributed by atoms with E-state index in [2.05, 4.69) is 18.7 Å². The zero-order valence-electron chi connectivity index (χ0n) is 13.2. The summed E-state index contributed by atoms with van der Waals surface area (Å²) >= 11 is 0. The molecule has 1 aromatic carbocycles. The summed E-state index contributed by atoms with van der Waals surface area (Å²) in [5.74, 6) is -0.132. The van der Waals surface area contributed by atoms with Crippen molar-refractivity contribution in [2.24, 2.45) is 0 Å². The monoisotopic (exact) mass is 295 g/mol. The van der Waals surface area contributed by atoms with Gasteiger partial charge in [0.1, 0.15) is 0 Å². The second-order valence-corrected chi connectivity index (χ2v) is 6.09. The highest BCUT2D eigenvalue weighted by Gasteiger charge is 2.38. The first-order valence-electron chi connectivity index (χ1n) is 7.76. The summed E-state index contributed by atoms with van der Waals surface area (Å²) in [7, 11) is 1.45. The molecule has 1 saturated heterocycles. The van der Waals surface area contributed by atoms with E-state index in [1.54, 1.807) is 6.07 Å². The Kier molecular flexibility index (Phi) is 5.22. The van der Waals surface area contributed by atoms with E-state index in [-0.39, 0.29) is 17.1 Å². The molecule has 0 spiro atoms. The quantitative estimate of drug-likeness (QED) is 0.875. The van der Waals surface area contributed by atoms with Gasteiger partial charge in [-0.05, 0) is 57.0 Å². The lowest BCUT2D eigenvalue weighted by molar-refractivity contribution is -0.0117. The van der Waals surface area contributed by atoms with E-state index in [0.29, 0.717) is 6.42 Å². The second kappa shape index (κ2) is 6.75. The standard InChI is InChI=1S/C17H26FNO2/c1-4-17(2,19-9-5-6-10-19)16(20)12-13-7-8-15(21-3)14(18)11-13/h7-8,11,16,20H,4-6,9-10,12H2,1-3H3. The third-order valence-electron chi connectivity index (χ3n) is 4.91. The highest BCUT2D eigenvalue weighted by Crippen LogP contribution is 2.30. The zero-order valence-corrected chi connectivity index (χ0v) is 13.2. The SMILES string of the molecule is CCC(C)(C(O)Cc1ccc(OC)c(F)c1)N1CCCC1. The molecular weight excluding hydrogens is 269 g/mol. The molecule has 0 aliphatic carbocycles. The van der Waals surface area contributed by atoms with E-state index < -0.39 is 6.10 Å². The van der Waals surface area contributed by atoms with E-state index in [1.807, 2.05) is 6.07 Å². The van der Waals surface area contributed by atoms with Crippen LogP contribution in [0.1, 0.15) is 38.7 Å². The first kappa shape index (κ1) is 16.2. The maximum absolute atomic E-state index is 13.8. The van der Waals surface area contributed by atoms with E-state index in [9.17, 15) is 9.50 Å². The normalized spacial score (nSPS) is 20.2. The molecule has 0 aromatic heterocycles. The molecule has 0 saturated carbocycles. The minimum absolute atomic E-state index is 0.242. The Morgan fingerprint density at radius 2 is 2.05 bits per heavy atom. The number of aliphatic hydroxyl groups excluding tert-OH is 1. The van der Waals surface area contributed by atoms with Gasteiger partial charge in [0.25, 0.3) is 0 Å². The number of nitrogens with zero attached hydrogens (tertiary/aromatic N) is 1. The molecule has 1 aliphatic heterocycles. The van der Waals surface area contributed by atoms with E-state index in [1.165, 1.54) is 26.0 Å². The van der Waals surface area contributed by atoms with Gasteiger partial charge in [-0.15, -0.1) is 0 Å². The average Bonchev–Trinajstić information content (AvgIpc) is 3.01. The number of rotatable bonds is 6. The van der Waals surface area contributed by atoms with Crippen LogP contribution in [-0.2, 0) is 6.42 Å². The number of hydrogen-bond donors (Lipinski definition) is 1. The van der Waals surface area contributed by atoms with Crippen LogP contribution in [0.5, 0.6) is 5.75 Å². The molecule has 3 nitrogen and oxygen atoms in total. The van der Waals surface area contributed by atoms with Gasteiger partial charge in [-0.25, -0.2) is 4.39 Å². The molecule has 1 aliphatic rings. The minimum Gasteiger partial charge on any atom is -0.494 e. The highest BCUT2D eigenvalue weighted by atomic mass is 19.1. The van der Waals surface area contributed by atoms with Gasteiger partial charge < -0.3 is 9.84 Å². The topological polar surface area (TPSA) is 32.7 Å². The van der Waals surface area contributed by atoms with Gasteiger partial charge in [0.2, 0.25) is 0 Å². The first-order chi connectivity index (χ1) is 10.0. The maximum atomic E-state index is 13.8. The molecular formula is C17H26FNO2. The predicted octanol–water partition coefficient (Wildman–Crippen LogP) is 3.00. The molecule has 118 valence electrons. The Labute approximate surface area is 126 Å². The third kappa shape index (κ3) is 3.38. The van der Waals surface area contributed by atoms with Crippen molar-refractivity contribution in [3.05, 3.63) is 29.6 Å². The Morgan fingerprint density at radius 1 is 1.38 bits per heavy atom. The van der Waals surface area contributed by atoms with Gasteiger partial charge in [0.15, 0.2) is 11.6 Å². The van der Waals surface area contributed by atoms with Gasteiger partial charge in [-0.2, -0.15) is 0 Å². The number of benzene rings is 1. The summed E-state index contributed by atoms with van der Waals surface area (Å²) in [5.41, 5.74) is 0.562. The molecule has 1 aromatic rings. The summed E-state index contributed by atoms with van der Waals surface area (Å²) in [5, 5.41) is 10.7. The lowest BCUT2D eigenvalue weighted by Gasteiger charge is -2.42. The summed E-state index contributed by atoms with van der Waals surface area (Å²) in [6, 6.07) is 4.91. The number of hydrogen-bond acceptors (Lipinski definition) is 3. The molecule has 1 fully saturated rings. The molecule has 2 unspecified atom stereocenters. The van der Waals surface area contributed by atoms with Gasteiger partial charge in [0, 0.05) is 12.0 Å². The summed E-state index contributed by atoms with van der Waals surface area (Å²) < 4.78 is 18.7. The van der Waals surface area contributed by atoms with E-state index in [0.717, 1.165) is 25.1 Å². The molecule has 4 heteroatoms. The van der Waals surface area contributed by atoms with Crippen LogP contribution < -0.4 is 4.74 Å². The van der Waals surface area contributed by atoms with Crippen LogP contribution in [-0.4, -0.2) is 41.8 Å². The number of aliphatic hydroxyl groups is 1. The van der Waals surface area contributed by atoms with Crippen LogP contribution in [0.15, 0.2) is 18.2 Å². The molecule has 0 radical (unpaired) electrons. The Balaban J connectivity index is 2.11. The molecule has 0 amide bonds. The fourth-order valence-corrected chi connectivity index (χ4v) is 3.18. The Hall–Kier alpha value is -1.13. The van der Waals surface area contributed by atoms with Crippen molar-refractivity contribution >= 4 is 0 Å². The van der Waals surface area contributed by atoms with Crippen molar-refractivity contribution in [3.63, 3.8) is 0 Å². The first-order valence-corrected chi connectivity index (χ1v) is 7.76. The smallest absolute Gasteiger partial charge is 0.165 e. The Bertz CT molecular complexity index is 474. The van der Waals surface area contributed by atoms with Gasteiger partial charge in [-0.3, -0.25) is 4.90 Å². The van der Waals surface area contributed by atoms with Gasteiger partial charge in [0.05, 0.1) is 13.2 Å². The summed E-state index contributed by atoms with van der Waals surface area (Å²) in [4.78, 5) is 2.37. The molecule has 1 N–H and O–H groups in total. The highest BCUT2D eigenvalue weighted by molar-refractivity contribution is 5.30. The Morgan fingerprint density at radius 3 is 2.57 bits per heavy atom. The van der Waals surface area contributed by atoms with Crippen LogP contribution in [0.25, 0.3) is 0 Å². The number of ether oxygens (including phenoxy) is 1. The molecule has 0 bridgehead atoms. The predicted molar refractivity (Wildman–Crippen MR) is 82.2 cm³/mol. The van der Waals surface area contributed by atoms with Crippen molar-refractivity contribution in [2.45, 2.75) is 51.2 Å². The number of halogens is 1. The van der Waals surface area contributed by atoms with Crippen molar-refractivity contribution in [1.82, 2.24) is 4.90 Å². The molecule has 1 heterocycles. The molecule has 21 heavy (non-hydrogen) atoms. The third-order valence-corrected chi connectivity index (χ3v) is 4.91. The fourth-order valence-electron chi connectivity index (χ4n) is 3.18. The number of likely N-dealkylation sites (tertiary alicyclic amines) is 1. The summed E-state index contributed by atoms with van der Waals surface area (Å²) in [6.07, 6.45) is 3.22. The lowest BCUT2D eigenvalue weighted by atomic mass is 9.86. The van der Waals surface area contributed by atoms with Crippen LogP contribution in [0.3, 0.4) is 0 Å². The van der Waals surface area contributed by atoms with Crippen molar-refractivity contribution in [3.8, 4) is 5.75 Å². The van der Waals surface area contributed by atoms with Gasteiger partial charge in [-0.1, -0.05) is 13.0 Å². The van der Waals surface area contributed by atoms with E-state index in [4.69, 9.17) is 4.74 Å². The van der Waals surface area contributed by atoms with Crippen LogP contribution in [0.4, 0.5) is 4.39 Å². The van der Waals surface area contributed by atoms with Crippen molar-refractivity contribution < 1.29 is 14.2 Å². The zero-order chi connectivity index (χ0) is 15.5. The second-order valence-electron chi connectivity index (χ2n) is 6.09. The average molecular weight is 295 g/mol. The van der Waals surface area contributed by atoms with Crippen molar-refractivity contribution in [2.75, 3.05) is 20.2 Å². The van der Waals surface area contributed by atoms with E-state index >= 15 is 0 Å². The summed E-state index contributed by atoms with van der Waals surface area (Å²) in [6.45, 7) is 6.30. The molecule has 2 atom stereocenters. The number of methoxy groups -OCH3 is 1. The van der Waals surface area contributed by atoms with Gasteiger partial charge >= 0.3 is 0 Å². The van der Waals surface area contributed by atoms with Crippen LogP contribution in [0, 0.1) is 5.82 Å². The lowest BCUT2D eigenvalue weighted by Crippen LogP contribution is -2.53. The van der Waals surface area contributed by atoms with Crippen LogP contribution in [0.2, 0.25) is 0 Å². The van der Waals surface area contributed by atoms with Crippen LogP contribution >= 0.6 is 0 Å².